The number of aromatic nitrogens is 1. The molecule has 1 heterocycles. The molecule has 0 aliphatic rings. The van der Waals surface area contributed by atoms with E-state index in [0.29, 0.717) is 16.3 Å². The number of amides is 1. The quantitative estimate of drug-likeness (QED) is 0.865. The molecule has 0 bridgehead atoms. The van der Waals surface area contributed by atoms with Crippen molar-refractivity contribution in [1.29, 1.82) is 0 Å². The molecule has 0 saturated heterocycles. The van der Waals surface area contributed by atoms with Crippen LogP contribution in [0.3, 0.4) is 0 Å². The highest BCUT2D eigenvalue weighted by molar-refractivity contribution is 7.13. The maximum Gasteiger partial charge on any atom is 0.350 e. The standard InChI is InChI=1S/C14H12ClFN2O3S/c1-7-13(22-8(2)17-7)14(20)21-6-12(19)18-9-3-4-11(16)10(15)5-9/h3-5H,6H2,1-2H3,(H,18,19). The minimum Gasteiger partial charge on any atom is -0.451 e. The molecule has 0 spiro atoms. The summed E-state index contributed by atoms with van der Waals surface area (Å²) in [5.74, 6) is -1.73. The summed E-state index contributed by atoms with van der Waals surface area (Å²) in [6.45, 7) is 3.02. The van der Waals surface area contributed by atoms with Crippen molar-refractivity contribution in [3.8, 4) is 0 Å². The monoisotopic (exact) mass is 342 g/mol. The number of rotatable bonds is 4. The van der Waals surface area contributed by atoms with E-state index in [9.17, 15) is 14.0 Å². The zero-order chi connectivity index (χ0) is 16.3. The number of carbonyl (C=O) groups excluding carboxylic acids is 2. The fourth-order valence-corrected chi connectivity index (χ4v) is 2.68. The SMILES string of the molecule is Cc1nc(C)c(C(=O)OCC(=O)Nc2ccc(F)c(Cl)c2)s1. The Labute approximate surface area is 135 Å². The van der Waals surface area contributed by atoms with Crippen molar-refractivity contribution in [2.75, 3.05) is 11.9 Å². The van der Waals surface area contributed by atoms with E-state index in [2.05, 4.69) is 10.3 Å². The first-order valence-corrected chi connectivity index (χ1v) is 7.42. The summed E-state index contributed by atoms with van der Waals surface area (Å²) in [5.41, 5.74) is 0.885. The van der Waals surface area contributed by atoms with E-state index >= 15 is 0 Å². The van der Waals surface area contributed by atoms with Crippen molar-refractivity contribution in [1.82, 2.24) is 4.98 Å². The van der Waals surface area contributed by atoms with Gasteiger partial charge in [0.2, 0.25) is 0 Å². The van der Waals surface area contributed by atoms with Gasteiger partial charge in [0.15, 0.2) is 6.61 Å². The van der Waals surface area contributed by atoms with Gasteiger partial charge in [0, 0.05) is 5.69 Å². The molecule has 1 amide bonds. The molecule has 2 rings (SSSR count). The summed E-state index contributed by atoms with van der Waals surface area (Å²) in [5, 5.41) is 3.10. The van der Waals surface area contributed by atoms with Crippen LogP contribution in [-0.2, 0) is 9.53 Å². The van der Waals surface area contributed by atoms with Crippen LogP contribution in [0, 0.1) is 19.7 Å². The van der Waals surface area contributed by atoms with Gasteiger partial charge in [0.25, 0.3) is 5.91 Å². The van der Waals surface area contributed by atoms with Gasteiger partial charge in [0.1, 0.15) is 10.7 Å². The summed E-state index contributed by atoms with van der Waals surface area (Å²) in [7, 11) is 0. The van der Waals surface area contributed by atoms with E-state index in [1.165, 1.54) is 23.5 Å². The first kappa shape index (κ1) is 16.4. The number of halogens is 2. The van der Waals surface area contributed by atoms with Crippen LogP contribution < -0.4 is 5.32 Å². The first-order valence-electron chi connectivity index (χ1n) is 6.23. The molecule has 0 radical (unpaired) electrons. The number of esters is 1. The smallest absolute Gasteiger partial charge is 0.350 e. The van der Waals surface area contributed by atoms with Crippen molar-refractivity contribution in [2.45, 2.75) is 13.8 Å². The van der Waals surface area contributed by atoms with Gasteiger partial charge in [-0.25, -0.2) is 14.2 Å². The number of hydrogen-bond donors (Lipinski definition) is 1. The average Bonchev–Trinajstić information content (AvgIpc) is 2.79. The van der Waals surface area contributed by atoms with Gasteiger partial charge in [-0.05, 0) is 32.0 Å². The minimum absolute atomic E-state index is 0.106. The summed E-state index contributed by atoms with van der Waals surface area (Å²) < 4.78 is 17.9. The molecule has 8 heteroatoms. The molecule has 1 N–H and O–H groups in total. The van der Waals surface area contributed by atoms with Gasteiger partial charge in [0.05, 0.1) is 15.7 Å². The van der Waals surface area contributed by atoms with E-state index < -0.39 is 24.3 Å². The molecule has 116 valence electrons. The van der Waals surface area contributed by atoms with Crippen LogP contribution in [0.1, 0.15) is 20.4 Å². The molecule has 0 aliphatic heterocycles. The maximum atomic E-state index is 13.0. The number of benzene rings is 1. The lowest BCUT2D eigenvalue weighted by molar-refractivity contribution is -0.119. The molecule has 22 heavy (non-hydrogen) atoms. The van der Waals surface area contributed by atoms with Crippen LogP contribution >= 0.6 is 22.9 Å². The minimum atomic E-state index is -0.601. The highest BCUT2D eigenvalue weighted by atomic mass is 35.5. The number of anilines is 1. The zero-order valence-corrected chi connectivity index (χ0v) is 13.3. The Morgan fingerprint density at radius 2 is 2.14 bits per heavy atom. The average molecular weight is 343 g/mol. The summed E-state index contributed by atoms with van der Waals surface area (Å²) >= 11 is 6.81. The van der Waals surface area contributed by atoms with E-state index in [-0.39, 0.29) is 5.02 Å². The molecule has 5 nitrogen and oxygen atoms in total. The van der Waals surface area contributed by atoms with Crippen molar-refractivity contribution in [3.05, 3.63) is 44.6 Å². The van der Waals surface area contributed by atoms with Crippen LogP contribution in [0.5, 0.6) is 0 Å². The molecular weight excluding hydrogens is 331 g/mol. The van der Waals surface area contributed by atoms with Gasteiger partial charge >= 0.3 is 5.97 Å². The van der Waals surface area contributed by atoms with Gasteiger partial charge in [-0.1, -0.05) is 11.6 Å². The Hall–Kier alpha value is -1.99. The molecule has 2 aromatic rings. The second-order valence-electron chi connectivity index (χ2n) is 4.40. The first-order chi connectivity index (χ1) is 10.4. The normalized spacial score (nSPS) is 10.4. The number of nitrogens with zero attached hydrogens (tertiary/aromatic N) is 1. The fourth-order valence-electron chi connectivity index (χ4n) is 1.69. The Morgan fingerprint density at radius 3 is 2.73 bits per heavy atom. The van der Waals surface area contributed by atoms with Crippen molar-refractivity contribution in [2.24, 2.45) is 0 Å². The highest BCUT2D eigenvalue weighted by Crippen LogP contribution is 2.20. The third kappa shape index (κ3) is 4.02. The van der Waals surface area contributed by atoms with E-state index in [1.807, 2.05) is 0 Å². The zero-order valence-electron chi connectivity index (χ0n) is 11.8. The van der Waals surface area contributed by atoms with E-state index in [1.54, 1.807) is 13.8 Å². The van der Waals surface area contributed by atoms with E-state index in [0.717, 1.165) is 11.1 Å². The predicted molar refractivity (Wildman–Crippen MR) is 81.9 cm³/mol. The molecular formula is C14H12ClFN2O3S. The van der Waals surface area contributed by atoms with Crippen LogP contribution in [0.25, 0.3) is 0 Å². The third-order valence-corrected chi connectivity index (χ3v) is 3.97. The number of thiazole rings is 1. The van der Waals surface area contributed by atoms with Gasteiger partial charge in [-0.3, -0.25) is 4.79 Å². The van der Waals surface area contributed by atoms with Crippen molar-refractivity contribution < 1.29 is 18.7 Å². The molecule has 1 aromatic carbocycles. The molecule has 1 aromatic heterocycles. The molecule has 0 fully saturated rings. The highest BCUT2D eigenvalue weighted by Gasteiger charge is 2.16. The third-order valence-electron chi connectivity index (χ3n) is 2.63. The number of ether oxygens (including phenoxy) is 1. The predicted octanol–water partition coefficient (Wildman–Crippen LogP) is 3.35. The number of carbonyl (C=O) groups is 2. The molecule has 0 aliphatic carbocycles. The molecule has 0 atom stereocenters. The molecule has 0 saturated carbocycles. The Kier molecular flexibility index (Phi) is 5.10. The van der Waals surface area contributed by atoms with Crippen LogP contribution in [0.4, 0.5) is 10.1 Å². The fraction of sp³-hybridized carbons (Fsp3) is 0.214. The van der Waals surface area contributed by atoms with Gasteiger partial charge in [-0.2, -0.15) is 0 Å². The van der Waals surface area contributed by atoms with Crippen LogP contribution in [-0.4, -0.2) is 23.5 Å². The number of nitrogens with one attached hydrogen (secondary N) is 1. The summed E-state index contributed by atoms with van der Waals surface area (Å²) in [6, 6.07) is 3.76. The Bertz CT molecular complexity index is 733. The second kappa shape index (κ2) is 6.85. The Balaban J connectivity index is 1.91. The van der Waals surface area contributed by atoms with Crippen LogP contribution in [0.15, 0.2) is 18.2 Å². The number of aryl methyl sites for hydroxylation is 2. The Morgan fingerprint density at radius 1 is 1.41 bits per heavy atom. The topological polar surface area (TPSA) is 68.3 Å². The van der Waals surface area contributed by atoms with Crippen molar-refractivity contribution in [3.63, 3.8) is 0 Å². The number of hydrogen-bond acceptors (Lipinski definition) is 5. The lowest BCUT2D eigenvalue weighted by Gasteiger charge is -2.06. The van der Waals surface area contributed by atoms with E-state index in [4.69, 9.17) is 16.3 Å². The van der Waals surface area contributed by atoms with Gasteiger partial charge in [-0.15, -0.1) is 11.3 Å². The van der Waals surface area contributed by atoms with Crippen LogP contribution in [0.2, 0.25) is 5.02 Å². The lowest BCUT2D eigenvalue weighted by atomic mass is 10.3. The van der Waals surface area contributed by atoms with Crippen molar-refractivity contribution >= 4 is 40.5 Å². The largest absolute Gasteiger partial charge is 0.451 e. The molecule has 0 unspecified atom stereocenters. The lowest BCUT2D eigenvalue weighted by Crippen LogP contribution is -2.20. The van der Waals surface area contributed by atoms with Gasteiger partial charge < -0.3 is 10.1 Å². The summed E-state index contributed by atoms with van der Waals surface area (Å²) in [4.78, 5) is 28.0. The second-order valence-corrected chi connectivity index (χ2v) is 6.01. The summed E-state index contributed by atoms with van der Waals surface area (Å²) in [6.07, 6.45) is 0. The maximum absolute atomic E-state index is 13.0.